The second-order valence-electron chi connectivity index (χ2n) is 6.28. The van der Waals surface area contributed by atoms with E-state index in [9.17, 15) is 5.11 Å². The van der Waals surface area contributed by atoms with Crippen LogP contribution in [0.2, 0.25) is 5.02 Å². The van der Waals surface area contributed by atoms with Crippen LogP contribution in [0.4, 0.5) is 5.69 Å². The molecule has 0 aromatic heterocycles. The van der Waals surface area contributed by atoms with Crippen molar-refractivity contribution in [3.63, 3.8) is 0 Å². The van der Waals surface area contributed by atoms with Crippen LogP contribution in [0.5, 0.6) is 0 Å². The summed E-state index contributed by atoms with van der Waals surface area (Å²) in [6.45, 7) is 2.08. The molecular weight excluding hydrogens is 284 g/mol. The molecule has 4 heteroatoms. The molecule has 2 aliphatic carbocycles. The number of hydrogen-bond acceptors (Lipinski definition) is 3. The molecule has 3 rings (SSSR count). The summed E-state index contributed by atoms with van der Waals surface area (Å²) in [7, 11) is 0. The van der Waals surface area contributed by atoms with Crippen LogP contribution in [0.3, 0.4) is 0 Å². The summed E-state index contributed by atoms with van der Waals surface area (Å²) in [6, 6.07) is 7.57. The van der Waals surface area contributed by atoms with Gasteiger partial charge < -0.3 is 15.3 Å². The average molecular weight is 309 g/mol. The number of anilines is 1. The summed E-state index contributed by atoms with van der Waals surface area (Å²) in [5, 5.41) is 13.6. The Morgan fingerprint density at radius 2 is 2.05 bits per heavy atom. The molecule has 0 bridgehead atoms. The maximum atomic E-state index is 9.17. The van der Waals surface area contributed by atoms with Crippen molar-refractivity contribution >= 4 is 17.3 Å². The summed E-state index contributed by atoms with van der Waals surface area (Å²) < 4.78 is 0. The summed E-state index contributed by atoms with van der Waals surface area (Å²) in [4.78, 5) is 2.49. The average Bonchev–Trinajstić information content (AvgIpc) is 3.23. The predicted octanol–water partition coefficient (Wildman–Crippen LogP) is 3.33. The zero-order valence-corrected chi connectivity index (χ0v) is 13.3. The van der Waals surface area contributed by atoms with Gasteiger partial charge in [-0.1, -0.05) is 11.6 Å². The highest BCUT2D eigenvalue weighted by atomic mass is 35.5. The van der Waals surface area contributed by atoms with E-state index in [0.29, 0.717) is 12.1 Å². The van der Waals surface area contributed by atoms with Gasteiger partial charge in [0.2, 0.25) is 0 Å². The molecule has 1 aromatic rings. The highest BCUT2D eigenvalue weighted by Crippen LogP contribution is 2.33. The lowest BCUT2D eigenvalue weighted by Gasteiger charge is -2.40. The van der Waals surface area contributed by atoms with E-state index in [4.69, 9.17) is 11.6 Å². The molecule has 2 saturated carbocycles. The number of aliphatic hydroxyl groups is 1. The Morgan fingerprint density at radius 3 is 2.67 bits per heavy atom. The Hall–Kier alpha value is -0.770. The third kappa shape index (κ3) is 3.91. The number of nitrogens with one attached hydrogen (secondary N) is 1. The minimum atomic E-state index is 0.256. The lowest BCUT2D eigenvalue weighted by molar-refractivity contribution is 0.283. The monoisotopic (exact) mass is 308 g/mol. The highest BCUT2D eigenvalue weighted by Gasteiger charge is 2.27. The second-order valence-corrected chi connectivity index (χ2v) is 6.72. The van der Waals surface area contributed by atoms with Gasteiger partial charge in [0, 0.05) is 42.5 Å². The Morgan fingerprint density at radius 1 is 1.24 bits per heavy atom. The van der Waals surface area contributed by atoms with Crippen LogP contribution in [-0.4, -0.2) is 30.3 Å². The van der Waals surface area contributed by atoms with Crippen molar-refractivity contribution in [2.24, 2.45) is 0 Å². The molecule has 21 heavy (non-hydrogen) atoms. The van der Waals surface area contributed by atoms with Gasteiger partial charge in [-0.3, -0.25) is 0 Å². The molecule has 0 aliphatic heterocycles. The minimum Gasteiger partial charge on any atom is -0.396 e. The van der Waals surface area contributed by atoms with Crippen LogP contribution < -0.4 is 10.2 Å². The molecule has 2 N–H and O–H groups in total. The van der Waals surface area contributed by atoms with Gasteiger partial charge in [0.05, 0.1) is 0 Å². The second kappa shape index (κ2) is 6.99. The van der Waals surface area contributed by atoms with E-state index in [0.717, 1.165) is 24.5 Å². The van der Waals surface area contributed by atoms with E-state index < -0.39 is 0 Å². The van der Waals surface area contributed by atoms with Crippen molar-refractivity contribution in [3.8, 4) is 0 Å². The topological polar surface area (TPSA) is 35.5 Å². The van der Waals surface area contributed by atoms with Crippen LogP contribution in [0.1, 0.15) is 44.1 Å². The Balaban J connectivity index is 1.78. The van der Waals surface area contributed by atoms with E-state index >= 15 is 0 Å². The number of rotatable bonds is 8. The van der Waals surface area contributed by atoms with Gasteiger partial charge in [-0.15, -0.1) is 0 Å². The maximum absolute atomic E-state index is 9.17. The predicted molar refractivity (Wildman–Crippen MR) is 88.0 cm³/mol. The molecule has 1 aromatic carbocycles. The van der Waals surface area contributed by atoms with Crippen molar-refractivity contribution in [2.45, 2.75) is 57.2 Å². The van der Waals surface area contributed by atoms with Gasteiger partial charge in [-0.2, -0.15) is 0 Å². The van der Waals surface area contributed by atoms with Crippen molar-refractivity contribution in [2.75, 3.05) is 18.1 Å². The van der Waals surface area contributed by atoms with Crippen LogP contribution in [0, 0.1) is 0 Å². The van der Waals surface area contributed by atoms with E-state index in [-0.39, 0.29) is 6.61 Å². The summed E-state index contributed by atoms with van der Waals surface area (Å²) in [6.07, 6.45) is 7.28. The van der Waals surface area contributed by atoms with E-state index in [1.54, 1.807) is 0 Å². The van der Waals surface area contributed by atoms with Gasteiger partial charge in [-0.25, -0.2) is 0 Å². The van der Waals surface area contributed by atoms with Crippen molar-refractivity contribution < 1.29 is 5.11 Å². The molecule has 116 valence electrons. The Bertz CT molecular complexity index is 472. The van der Waals surface area contributed by atoms with Crippen molar-refractivity contribution in [1.29, 1.82) is 0 Å². The first-order chi connectivity index (χ1) is 10.3. The third-order valence-electron chi connectivity index (χ3n) is 4.58. The van der Waals surface area contributed by atoms with Crippen LogP contribution in [-0.2, 0) is 6.54 Å². The minimum absolute atomic E-state index is 0.256. The SMILES string of the molecule is OCCCN(c1ccc(Cl)cc1CNC1CC1)C1CCC1. The van der Waals surface area contributed by atoms with Gasteiger partial charge >= 0.3 is 0 Å². The molecule has 2 aliphatic rings. The molecule has 0 heterocycles. The number of nitrogens with zero attached hydrogens (tertiary/aromatic N) is 1. The van der Waals surface area contributed by atoms with E-state index in [2.05, 4.69) is 22.3 Å². The number of hydrogen-bond donors (Lipinski definition) is 2. The maximum Gasteiger partial charge on any atom is 0.0447 e. The largest absolute Gasteiger partial charge is 0.396 e. The number of halogens is 1. The first-order valence-electron chi connectivity index (χ1n) is 8.17. The van der Waals surface area contributed by atoms with Crippen LogP contribution >= 0.6 is 11.6 Å². The number of aliphatic hydroxyl groups excluding tert-OH is 1. The molecule has 3 nitrogen and oxygen atoms in total. The lowest BCUT2D eigenvalue weighted by Crippen LogP contribution is -2.42. The molecule has 0 spiro atoms. The molecular formula is C17H25ClN2O. The quantitative estimate of drug-likeness (QED) is 0.773. The van der Waals surface area contributed by atoms with Crippen molar-refractivity contribution in [3.05, 3.63) is 28.8 Å². The van der Waals surface area contributed by atoms with Crippen LogP contribution in [0.25, 0.3) is 0 Å². The first-order valence-corrected chi connectivity index (χ1v) is 8.55. The van der Waals surface area contributed by atoms with Gasteiger partial charge in [0.1, 0.15) is 0 Å². The summed E-state index contributed by atoms with van der Waals surface area (Å²) in [5.41, 5.74) is 2.59. The van der Waals surface area contributed by atoms with Gasteiger partial charge in [-0.05, 0) is 62.3 Å². The Kier molecular flexibility index (Phi) is 5.04. The summed E-state index contributed by atoms with van der Waals surface area (Å²) >= 11 is 6.20. The standard InChI is InChI=1S/C17H25ClN2O/c18-14-5-8-17(13(11-14)12-19-15-6-7-15)20(9-2-10-21)16-3-1-4-16/h5,8,11,15-16,19,21H,1-4,6-7,9-10,12H2. The lowest BCUT2D eigenvalue weighted by atomic mass is 9.90. The highest BCUT2D eigenvalue weighted by molar-refractivity contribution is 6.30. The van der Waals surface area contributed by atoms with Crippen molar-refractivity contribution in [1.82, 2.24) is 5.32 Å². The zero-order valence-electron chi connectivity index (χ0n) is 12.5. The van der Waals surface area contributed by atoms with Crippen LogP contribution in [0.15, 0.2) is 18.2 Å². The molecule has 0 amide bonds. The molecule has 0 saturated heterocycles. The van der Waals surface area contributed by atoms with E-state index in [1.165, 1.54) is 43.4 Å². The first kappa shape index (κ1) is 15.1. The number of benzene rings is 1. The molecule has 0 radical (unpaired) electrons. The van der Waals surface area contributed by atoms with Gasteiger partial charge in [0.25, 0.3) is 0 Å². The molecule has 2 fully saturated rings. The smallest absolute Gasteiger partial charge is 0.0447 e. The molecule has 0 atom stereocenters. The Labute approximate surface area is 132 Å². The fourth-order valence-electron chi connectivity index (χ4n) is 2.96. The fourth-order valence-corrected chi connectivity index (χ4v) is 3.15. The zero-order chi connectivity index (χ0) is 14.7. The normalized spacial score (nSPS) is 18.6. The van der Waals surface area contributed by atoms with E-state index in [1.807, 2.05) is 6.07 Å². The molecule has 0 unspecified atom stereocenters. The summed E-state index contributed by atoms with van der Waals surface area (Å²) in [5.74, 6) is 0. The third-order valence-corrected chi connectivity index (χ3v) is 4.82. The fraction of sp³-hybridized carbons (Fsp3) is 0.647. The van der Waals surface area contributed by atoms with Gasteiger partial charge in [0.15, 0.2) is 0 Å².